The van der Waals surface area contributed by atoms with Crippen molar-refractivity contribution in [3.8, 4) is 0 Å². The molecule has 2 fully saturated rings. The summed E-state index contributed by atoms with van der Waals surface area (Å²) in [6, 6.07) is 0. The van der Waals surface area contributed by atoms with E-state index in [0.717, 1.165) is 45.8 Å². The number of rotatable bonds is 7. The molecule has 4 nitrogen and oxygen atoms in total. The Morgan fingerprint density at radius 1 is 1.33 bits per heavy atom. The zero-order valence-corrected chi connectivity index (χ0v) is 13.9. The number of ether oxygens (including phenoxy) is 2. The molecule has 0 unspecified atom stereocenters. The van der Waals surface area contributed by atoms with Gasteiger partial charge >= 0.3 is 0 Å². The lowest BCUT2D eigenvalue weighted by Crippen LogP contribution is -2.36. The molecule has 2 aliphatic rings. The molecule has 0 aromatic carbocycles. The van der Waals surface area contributed by atoms with Crippen molar-refractivity contribution in [3.05, 3.63) is 15.6 Å². The average Bonchev–Trinajstić information content (AvgIpc) is 3.26. The van der Waals surface area contributed by atoms with Crippen LogP contribution in [0.5, 0.6) is 0 Å². The largest absolute Gasteiger partial charge is 0.381 e. The van der Waals surface area contributed by atoms with Crippen molar-refractivity contribution in [2.75, 3.05) is 26.4 Å². The summed E-state index contributed by atoms with van der Waals surface area (Å²) in [6.07, 6.45) is 4.46. The first kappa shape index (κ1) is 15.4. The van der Waals surface area contributed by atoms with Crippen molar-refractivity contribution < 1.29 is 9.47 Å². The average molecular weight is 310 g/mol. The Morgan fingerprint density at radius 2 is 2.10 bits per heavy atom. The molecule has 2 heterocycles. The normalized spacial score (nSPS) is 21.6. The van der Waals surface area contributed by atoms with E-state index in [-0.39, 0.29) is 5.60 Å². The van der Waals surface area contributed by atoms with E-state index in [0.29, 0.717) is 5.92 Å². The minimum atomic E-state index is -0.203. The van der Waals surface area contributed by atoms with E-state index in [1.165, 1.54) is 28.4 Å². The second kappa shape index (κ2) is 6.73. The second-order valence-corrected chi connectivity index (χ2v) is 7.01. The molecule has 3 rings (SSSR count). The van der Waals surface area contributed by atoms with Gasteiger partial charge in [-0.05, 0) is 26.3 Å². The van der Waals surface area contributed by atoms with Crippen molar-refractivity contribution >= 4 is 11.3 Å². The van der Waals surface area contributed by atoms with Gasteiger partial charge in [0.1, 0.15) is 10.6 Å². The maximum Gasteiger partial charge on any atom is 0.125 e. The molecule has 1 saturated heterocycles. The fourth-order valence-electron chi connectivity index (χ4n) is 3.00. The van der Waals surface area contributed by atoms with Gasteiger partial charge in [-0.15, -0.1) is 11.3 Å². The molecule has 1 N–H and O–H groups in total. The molecular weight excluding hydrogens is 284 g/mol. The van der Waals surface area contributed by atoms with Crippen LogP contribution >= 0.6 is 11.3 Å². The van der Waals surface area contributed by atoms with Crippen LogP contribution in [-0.4, -0.2) is 31.3 Å². The number of aromatic nitrogens is 1. The van der Waals surface area contributed by atoms with Crippen LogP contribution in [0.15, 0.2) is 0 Å². The van der Waals surface area contributed by atoms with Gasteiger partial charge in [-0.3, -0.25) is 0 Å². The Hall–Kier alpha value is -0.490. The number of thiazole rings is 1. The first-order valence-corrected chi connectivity index (χ1v) is 9.03. The summed E-state index contributed by atoms with van der Waals surface area (Å²) < 4.78 is 11.7. The van der Waals surface area contributed by atoms with Gasteiger partial charge in [-0.25, -0.2) is 4.98 Å². The summed E-state index contributed by atoms with van der Waals surface area (Å²) >= 11 is 1.86. The molecule has 118 valence electrons. The number of hydrogen-bond donors (Lipinski definition) is 1. The van der Waals surface area contributed by atoms with Gasteiger partial charge in [0.05, 0.1) is 5.69 Å². The summed E-state index contributed by atoms with van der Waals surface area (Å²) in [5, 5.41) is 4.64. The minimum absolute atomic E-state index is 0.203. The van der Waals surface area contributed by atoms with Crippen molar-refractivity contribution in [2.45, 2.75) is 57.6 Å². The predicted octanol–water partition coefficient (Wildman–Crippen LogP) is 3.17. The minimum Gasteiger partial charge on any atom is -0.381 e. The second-order valence-electron chi connectivity index (χ2n) is 5.92. The highest BCUT2D eigenvalue weighted by Gasteiger charge is 2.40. The maximum absolute atomic E-state index is 6.18. The Labute approximate surface area is 131 Å². The number of nitrogens with one attached hydrogen (secondary N) is 1. The summed E-state index contributed by atoms with van der Waals surface area (Å²) in [5.41, 5.74) is 1.13. The zero-order valence-electron chi connectivity index (χ0n) is 13.1. The van der Waals surface area contributed by atoms with Gasteiger partial charge in [0, 0.05) is 50.0 Å². The van der Waals surface area contributed by atoms with E-state index in [4.69, 9.17) is 14.5 Å². The molecule has 1 aromatic rings. The van der Waals surface area contributed by atoms with Crippen molar-refractivity contribution in [2.24, 2.45) is 0 Å². The Kier molecular flexibility index (Phi) is 4.94. The highest BCUT2D eigenvalue weighted by Crippen LogP contribution is 2.46. The Morgan fingerprint density at radius 3 is 2.71 bits per heavy atom. The SMILES string of the molecule is CCNCc1sc(C2(OCC)CCOCC2)nc1C1CC1. The lowest BCUT2D eigenvalue weighted by Gasteiger charge is -2.35. The first-order chi connectivity index (χ1) is 10.3. The van der Waals surface area contributed by atoms with E-state index in [9.17, 15) is 0 Å². The molecule has 5 heteroatoms. The van der Waals surface area contributed by atoms with E-state index < -0.39 is 0 Å². The third-order valence-corrected chi connectivity index (χ3v) is 5.59. The molecule has 21 heavy (non-hydrogen) atoms. The zero-order chi connectivity index (χ0) is 14.7. The van der Waals surface area contributed by atoms with E-state index in [1.54, 1.807) is 0 Å². The predicted molar refractivity (Wildman–Crippen MR) is 84.8 cm³/mol. The number of nitrogens with zero attached hydrogens (tertiary/aromatic N) is 1. The van der Waals surface area contributed by atoms with E-state index >= 15 is 0 Å². The summed E-state index contributed by atoms with van der Waals surface area (Å²) in [4.78, 5) is 6.45. The molecular formula is C16H26N2O2S. The topological polar surface area (TPSA) is 43.4 Å². The standard InChI is InChI=1S/C16H26N2O2S/c1-3-17-11-13-14(12-5-6-12)18-15(21-13)16(20-4-2)7-9-19-10-8-16/h12,17H,3-11H2,1-2H3. The fourth-order valence-corrected chi connectivity index (χ4v) is 4.31. The van der Waals surface area contributed by atoms with Gasteiger partial charge in [0.25, 0.3) is 0 Å². The highest BCUT2D eigenvalue weighted by atomic mass is 32.1. The van der Waals surface area contributed by atoms with Gasteiger partial charge in [-0.2, -0.15) is 0 Å². The van der Waals surface area contributed by atoms with Gasteiger partial charge < -0.3 is 14.8 Å². The molecule has 1 aliphatic carbocycles. The monoisotopic (exact) mass is 310 g/mol. The molecule has 1 aliphatic heterocycles. The molecule has 0 atom stereocenters. The van der Waals surface area contributed by atoms with Crippen LogP contribution in [0.1, 0.15) is 61.0 Å². The highest BCUT2D eigenvalue weighted by molar-refractivity contribution is 7.11. The maximum atomic E-state index is 6.18. The summed E-state index contributed by atoms with van der Waals surface area (Å²) in [7, 11) is 0. The van der Waals surface area contributed by atoms with E-state index in [1.807, 2.05) is 11.3 Å². The van der Waals surface area contributed by atoms with Crippen molar-refractivity contribution in [1.82, 2.24) is 10.3 Å². The molecule has 1 saturated carbocycles. The molecule has 0 bridgehead atoms. The lowest BCUT2D eigenvalue weighted by atomic mass is 9.94. The summed E-state index contributed by atoms with van der Waals surface area (Å²) in [6.45, 7) is 8.47. The van der Waals surface area contributed by atoms with Crippen LogP contribution < -0.4 is 5.32 Å². The third kappa shape index (κ3) is 3.31. The Bertz CT molecular complexity index is 459. The number of hydrogen-bond acceptors (Lipinski definition) is 5. The van der Waals surface area contributed by atoms with Crippen LogP contribution in [0.2, 0.25) is 0 Å². The molecule has 0 amide bonds. The van der Waals surface area contributed by atoms with Crippen LogP contribution in [0.25, 0.3) is 0 Å². The molecule has 0 radical (unpaired) electrons. The first-order valence-electron chi connectivity index (χ1n) is 8.21. The van der Waals surface area contributed by atoms with Gasteiger partial charge in [-0.1, -0.05) is 6.92 Å². The fraction of sp³-hybridized carbons (Fsp3) is 0.812. The quantitative estimate of drug-likeness (QED) is 0.840. The van der Waals surface area contributed by atoms with Crippen molar-refractivity contribution in [1.29, 1.82) is 0 Å². The smallest absolute Gasteiger partial charge is 0.125 e. The van der Waals surface area contributed by atoms with E-state index in [2.05, 4.69) is 19.2 Å². The summed E-state index contributed by atoms with van der Waals surface area (Å²) in [5.74, 6) is 0.696. The van der Waals surface area contributed by atoms with Crippen molar-refractivity contribution in [3.63, 3.8) is 0 Å². The van der Waals surface area contributed by atoms with Gasteiger partial charge in [0.2, 0.25) is 0 Å². The Balaban J connectivity index is 1.88. The van der Waals surface area contributed by atoms with Gasteiger partial charge in [0.15, 0.2) is 0 Å². The van der Waals surface area contributed by atoms with Crippen LogP contribution in [0.3, 0.4) is 0 Å². The van der Waals surface area contributed by atoms with Crippen LogP contribution in [-0.2, 0) is 21.6 Å². The van der Waals surface area contributed by atoms with Crippen LogP contribution in [0.4, 0.5) is 0 Å². The third-order valence-electron chi connectivity index (χ3n) is 4.34. The lowest BCUT2D eigenvalue weighted by molar-refractivity contribution is -0.112. The molecule has 1 aromatic heterocycles. The van der Waals surface area contributed by atoms with Crippen LogP contribution in [0, 0.1) is 0 Å². The molecule has 0 spiro atoms.